The van der Waals surface area contributed by atoms with Gasteiger partial charge >= 0.3 is 5.97 Å². The summed E-state index contributed by atoms with van der Waals surface area (Å²) < 4.78 is 16.7. The molecule has 0 fully saturated rings. The highest BCUT2D eigenvalue weighted by Crippen LogP contribution is 2.39. The van der Waals surface area contributed by atoms with Crippen LogP contribution >= 0.6 is 0 Å². The fourth-order valence-electron chi connectivity index (χ4n) is 3.52. The van der Waals surface area contributed by atoms with E-state index < -0.39 is 5.97 Å². The number of benzene rings is 1. The average molecular weight is 483 g/mol. The first kappa shape index (κ1) is 22.8. The number of pyridine rings is 1. The molecule has 4 aromatic rings. The molecule has 10 heteroatoms. The SMILES string of the molecule is CCOC(=O)c1c(Nc2ccc(OCc3ncccn3)cc2)oc(C=C2C=Nc3ncccc32)c1O. The summed E-state index contributed by atoms with van der Waals surface area (Å²) in [5, 5.41) is 13.9. The molecule has 0 bridgehead atoms. The van der Waals surface area contributed by atoms with Gasteiger partial charge in [-0.2, -0.15) is 0 Å². The Labute approximate surface area is 206 Å². The van der Waals surface area contributed by atoms with Crippen LogP contribution in [-0.2, 0) is 11.3 Å². The molecule has 0 aliphatic carbocycles. The molecule has 0 radical (unpaired) electrons. The molecular formula is C26H21N5O5. The highest BCUT2D eigenvalue weighted by Gasteiger charge is 2.27. The van der Waals surface area contributed by atoms with Crippen molar-refractivity contribution >= 4 is 41.2 Å². The summed E-state index contributed by atoms with van der Waals surface area (Å²) in [4.78, 5) is 29.3. The van der Waals surface area contributed by atoms with Crippen molar-refractivity contribution in [2.75, 3.05) is 11.9 Å². The third-order valence-electron chi connectivity index (χ3n) is 5.20. The van der Waals surface area contributed by atoms with Crippen LogP contribution in [0.5, 0.6) is 11.5 Å². The van der Waals surface area contributed by atoms with E-state index in [1.165, 1.54) is 0 Å². The van der Waals surface area contributed by atoms with Gasteiger partial charge < -0.3 is 24.3 Å². The molecule has 0 amide bonds. The minimum Gasteiger partial charge on any atom is -0.504 e. The maximum Gasteiger partial charge on any atom is 0.347 e. The molecule has 1 aromatic carbocycles. The Bertz CT molecular complexity index is 1450. The molecule has 0 spiro atoms. The van der Waals surface area contributed by atoms with Crippen molar-refractivity contribution in [2.24, 2.45) is 4.99 Å². The average Bonchev–Trinajstić information content (AvgIpc) is 3.45. The van der Waals surface area contributed by atoms with E-state index >= 15 is 0 Å². The Morgan fingerprint density at radius 2 is 1.86 bits per heavy atom. The first-order valence-electron chi connectivity index (χ1n) is 11.1. The molecule has 3 aromatic heterocycles. The van der Waals surface area contributed by atoms with E-state index in [4.69, 9.17) is 13.9 Å². The molecule has 2 N–H and O–H groups in total. The molecule has 0 saturated carbocycles. The summed E-state index contributed by atoms with van der Waals surface area (Å²) in [5.74, 6) is 0.830. The second kappa shape index (κ2) is 10.1. The number of esters is 1. The number of nitrogens with zero attached hydrogens (tertiary/aromatic N) is 4. The number of furan rings is 1. The standard InChI is InChI=1S/C26H21N5O5/c1-2-34-26(33)22-23(32)20(13-16-14-30-24-19(16)5-3-10-29-24)36-25(22)31-17-6-8-18(9-7-17)35-15-21-27-11-4-12-28-21/h3-14,31-32H,2,15H2,1H3. The molecule has 36 heavy (non-hydrogen) atoms. The van der Waals surface area contributed by atoms with Gasteiger partial charge in [0.05, 0.1) is 6.61 Å². The van der Waals surface area contributed by atoms with Gasteiger partial charge in [0.15, 0.2) is 28.7 Å². The first-order valence-corrected chi connectivity index (χ1v) is 11.1. The summed E-state index contributed by atoms with van der Waals surface area (Å²) in [5.41, 5.74) is 1.98. The lowest BCUT2D eigenvalue weighted by atomic mass is 10.1. The molecule has 1 aliphatic heterocycles. The molecule has 5 rings (SSSR count). The predicted octanol–water partition coefficient (Wildman–Crippen LogP) is 4.93. The van der Waals surface area contributed by atoms with Crippen LogP contribution in [0.25, 0.3) is 11.6 Å². The number of aromatic nitrogens is 3. The molecule has 180 valence electrons. The van der Waals surface area contributed by atoms with Gasteiger partial charge in [-0.1, -0.05) is 0 Å². The number of aromatic hydroxyl groups is 1. The number of nitrogens with one attached hydrogen (secondary N) is 1. The van der Waals surface area contributed by atoms with Crippen molar-refractivity contribution in [2.45, 2.75) is 13.5 Å². The molecule has 10 nitrogen and oxygen atoms in total. The van der Waals surface area contributed by atoms with E-state index in [0.717, 1.165) is 5.56 Å². The zero-order valence-corrected chi connectivity index (χ0v) is 19.2. The number of hydrogen-bond acceptors (Lipinski definition) is 10. The first-order chi connectivity index (χ1) is 17.6. The van der Waals surface area contributed by atoms with Crippen LogP contribution in [-0.4, -0.2) is 38.8 Å². The van der Waals surface area contributed by atoms with E-state index in [9.17, 15) is 9.90 Å². The van der Waals surface area contributed by atoms with Gasteiger partial charge in [-0.3, -0.25) is 0 Å². The summed E-state index contributed by atoms with van der Waals surface area (Å²) in [6.07, 6.45) is 8.17. The largest absolute Gasteiger partial charge is 0.504 e. The van der Waals surface area contributed by atoms with Crippen molar-refractivity contribution in [3.05, 3.63) is 83.8 Å². The smallest absolute Gasteiger partial charge is 0.347 e. The fourth-order valence-corrected chi connectivity index (χ4v) is 3.52. The van der Waals surface area contributed by atoms with Crippen molar-refractivity contribution in [3.8, 4) is 11.5 Å². The monoisotopic (exact) mass is 483 g/mol. The molecule has 0 unspecified atom stereocenters. The number of ether oxygens (including phenoxy) is 2. The summed E-state index contributed by atoms with van der Waals surface area (Å²) >= 11 is 0. The van der Waals surface area contributed by atoms with E-state index in [1.54, 1.807) is 74.2 Å². The third kappa shape index (κ3) is 4.78. The number of carbonyl (C=O) groups excluding carboxylic acids is 1. The third-order valence-corrected chi connectivity index (χ3v) is 5.20. The van der Waals surface area contributed by atoms with Gasteiger partial charge in [0.1, 0.15) is 12.4 Å². The fraction of sp³-hybridized carbons (Fsp3) is 0.115. The predicted molar refractivity (Wildman–Crippen MR) is 133 cm³/mol. The number of carbonyl (C=O) groups is 1. The van der Waals surface area contributed by atoms with Crippen LogP contribution in [0.4, 0.5) is 17.4 Å². The summed E-state index contributed by atoms with van der Waals surface area (Å²) in [6, 6.07) is 12.4. The minimum absolute atomic E-state index is 0.0468. The Kier molecular flexibility index (Phi) is 6.39. The summed E-state index contributed by atoms with van der Waals surface area (Å²) in [6.45, 7) is 2.05. The maximum atomic E-state index is 12.6. The number of hydrogen-bond donors (Lipinski definition) is 2. The topological polar surface area (TPSA) is 132 Å². The van der Waals surface area contributed by atoms with Crippen LogP contribution in [0.1, 0.15) is 34.4 Å². The number of aliphatic imine (C=N–C) groups is 1. The zero-order valence-electron chi connectivity index (χ0n) is 19.2. The Balaban J connectivity index is 1.39. The van der Waals surface area contributed by atoms with Gasteiger partial charge in [-0.25, -0.2) is 24.7 Å². The van der Waals surface area contributed by atoms with Crippen molar-refractivity contribution in [1.82, 2.24) is 15.0 Å². The van der Waals surface area contributed by atoms with E-state index in [-0.39, 0.29) is 36.2 Å². The van der Waals surface area contributed by atoms with Crippen LogP contribution in [0.15, 0.2) is 70.5 Å². The van der Waals surface area contributed by atoms with Crippen molar-refractivity contribution < 1.29 is 23.8 Å². The quantitative estimate of drug-likeness (QED) is 0.335. The summed E-state index contributed by atoms with van der Waals surface area (Å²) in [7, 11) is 0. The maximum absolute atomic E-state index is 12.6. The Morgan fingerprint density at radius 1 is 1.08 bits per heavy atom. The van der Waals surface area contributed by atoms with Gasteiger partial charge in [-0.15, -0.1) is 0 Å². The van der Waals surface area contributed by atoms with E-state index in [2.05, 4.69) is 25.3 Å². The molecule has 0 saturated heterocycles. The molecule has 0 atom stereocenters. The van der Waals surface area contributed by atoms with Crippen LogP contribution in [0.3, 0.4) is 0 Å². The minimum atomic E-state index is -0.712. The number of fused-ring (bicyclic) bond motifs is 1. The van der Waals surface area contributed by atoms with E-state index in [1.807, 2.05) is 6.07 Å². The lowest BCUT2D eigenvalue weighted by Gasteiger charge is -2.08. The van der Waals surface area contributed by atoms with Gasteiger partial charge in [0.2, 0.25) is 5.88 Å². The highest BCUT2D eigenvalue weighted by atomic mass is 16.5. The van der Waals surface area contributed by atoms with Gasteiger partial charge in [0.25, 0.3) is 0 Å². The lowest BCUT2D eigenvalue weighted by molar-refractivity contribution is 0.0524. The molecule has 1 aliphatic rings. The molecule has 4 heterocycles. The van der Waals surface area contributed by atoms with E-state index in [0.29, 0.717) is 28.7 Å². The van der Waals surface area contributed by atoms with Crippen LogP contribution < -0.4 is 10.1 Å². The second-order valence-corrected chi connectivity index (χ2v) is 7.58. The van der Waals surface area contributed by atoms with Crippen LogP contribution in [0.2, 0.25) is 0 Å². The number of allylic oxidation sites excluding steroid dienone is 1. The Hall–Kier alpha value is -4.99. The van der Waals surface area contributed by atoms with Crippen LogP contribution in [0, 0.1) is 0 Å². The number of rotatable bonds is 8. The molecular weight excluding hydrogens is 462 g/mol. The van der Waals surface area contributed by atoms with Crippen molar-refractivity contribution in [1.29, 1.82) is 0 Å². The lowest BCUT2D eigenvalue weighted by Crippen LogP contribution is -2.06. The van der Waals surface area contributed by atoms with Gasteiger partial charge in [-0.05, 0) is 55.5 Å². The Morgan fingerprint density at radius 3 is 2.64 bits per heavy atom. The highest BCUT2D eigenvalue weighted by molar-refractivity contribution is 6.21. The zero-order chi connectivity index (χ0) is 24.9. The number of anilines is 2. The normalized spacial score (nSPS) is 13.0. The van der Waals surface area contributed by atoms with Crippen molar-refractivity contribution in [3.63, 3.8) is 0 Å². The van der Waals surface area contributed by atoms with Gasteiger partial charge in [0, 0.05) is 41.6 Å². The second-order valence-electron chi connectivity index (χ2n) is 7.58.